The average molecular weight is 394 g/mol. The summed E-state index contributed by atoms with van der Waals surface area (Å²) in [7, 11) is 4.34. The molecule has 1 rings (SSSR count). The van der Waals surface area contributed by atoms with Crippen LogP contribution in [0.4, 0.5) is 4.79 Å². The summed E-state index contributed by atoms with van der Waals surface area (Å²) in [5.74, 6) is -0.288. The van der Waals surface area contributed by atoms with Gasteiger partial charge in [-0.3, -0.25) is 4.79 Å². The van der Waals surface area contributed by atoms with Gasteiger partial charge in [0.15, 0.2) is 0 Å². The van der Waals surface area contributed by atoms with Crippen molar-refractivity contribution in [2.45, 2.75) is 51.8 Å². The molecule has 0 radical (unpaired) electrons. The number of hydrogen-bond acceptors (Lipinski definition) is 6. The topological polar surface area (TPSA) is 94.2 Å². The van der Waals surface area contributed by atoms with Crippen LogP contribution in [0.25, 0.3) is 0 Å². The first-order valence-corrected chi connectivity index (χ1v) is 8.95. The molecule has 0 aliphatic heterocycles. The molecule has 0 unspecified atom stereocenters. The Balaban J connectivity index is 2.87. The van der Waals surface area contributed by atoms with E-state index in [0.717, 1.165) is 5.56 Å². The Morgan fingerprint density at radius 3 is 2.14 bits per heavy atom. The highest BCUT2D eigenvalue weighted by Gasteiger charge is 2.31. The summed E-state index contributed by atoms with van der Waals surface area (Å²) < 4.78 is 15.1. The minimum atomic E-state index is -0.872. The van der Waals surface area contributed by atoms with Gasteiger partial charge in [-0.2, -0.15) is 0 Å². The number of rotatable bonds is 7. The molecule has 2 atom stereocenters. The molecule has 0 aliphatic rings. The molecule has 0 spiro atoms. The summed E-state index contributed by atoms with van der Waals surface area (Å²) in [6.07, 6.45) is -0.440. The van der Waals surface area contributed by atoms with Gasteiger partial charge in [0.25, 0.3) is 0 Å². The first-order valence-electron chi connectivity index (χ1n) is 8.95. The van der Waals surface area contributed by atoms with Crippen molar-refractivity contribution in [1.29, 1.82) is 0 Å². The third-order valence-corrected chi connectivity index (χ3v) is 3.98. The lowest BCUT2D eigenvalue weighted by molar-refractivity contribution is -0.152. The number of likely N-dealkylation sites (N-methyl/N-ethyl adjacent to an activating group) is 1. The summed E-state index contributed by atoms with van der Waals surface area (Å²) in [5.41, 5.74) is 0.158. The van der Waals surface area contributed by atoms with Crippen LogP contribution < -0.4 is 10.1 Å². The highest BCUT2D eigenvalue weighted by Crippen LogP contribution is 2.16. The lowest BCUT2D eigenvalue weighted by Crippen LogP contribution is -2.52. The molecule has 8 heteroatoms. The second-order valence-electron chi connectivity index (χ2n) is 7.41. The lowest BCUT2D eigenvalue weighted by Gasteiger charge is -2.29. The highest BCUT2D eigenvalue weighted by atomic mass is 16.6. The standard InChI is InChI=1S/C20H30N2O6/c1-13(21-19(25)28-20(2,3)4)17(23)22(5)16(18(24)27-7)12-14-8-10-15(26-6)11-9-14/h8-11,13,16H,12H2,1-7H3,(H,21,25)/t13-,16+/m0/s1. The number of hydrogen-bond donors (Lipinski definition) is 1. The molecule has 1 N–H and O–H groups in total. The molecule has 1 aromatic carbocycles. The van der Waals surface area contributed by atoms with E-state index in [-0.39, 0.29) is 6.42 Å². The van der Waals surface area contributed by atoms with Crippen LogP contribution in [0.15, 0.2) is 24.3 Å². The van der Waals surface area contributed by atoms with Gasteiger partial charge in [0.2, 0.25) is 5.91 Å². The second kappa shape index (κ2) is 9.96. The van der Waals surface area contributed by atoms with E-state index in [1.165, 1.54) is 26.0 Å². The van der Waals surface area contributed by atoms with Gasteiger partial charge < -0.3 is 24.4 Å². The fraction of sp³-hybridized carbons (Fsp3) is 0.550. The van der Waals surface area contributed by atoms with Crippen LogP contribution in [-0.2, 0) is 25.5 Å². The van der Waals surface area contributed by atoms with E-state index in [9.17, 15) is 14.4 Å². The molecular weight excluding hydrogens is 364 g/mol. The van der Waals surface area contributed by atoms with Crippen molar-refractivity contribution in [3.05, 3.63) is 29.8 Å². The first-order chi connectivity index (χ1) is 13.0. The number of benzene rings is 1. The Kier molecular flexibility index (Phi) is 8.28. The van der Waals surface area contributed by atoms with Gasteiger partial charge in [-0.1, -0.05) is 12.1 Å². The van der Waals surface area contributed by atoms with Gasteiger partial charge in [-0.05, 0) is 45.4 Å². The van der Waals surface area contributed by atoms with Crippen LogP contribution in [0.1, 0.15) is 33.3 Å². The van der Waals surface area contributed by atoms with E-state index in [0.29, 0.717) is 5.75 Å². The van der Waals surface area contributed by atoms with Gasteiger partial charge >= 0.3 is 12.1 Å². The Labute approximate surface area is 166 Å². The van der Waals surface area contributed by atoms with Crippen LogP contribution in [0.5, 0.6) is 5.75 Å². The zero-order chi connectivity index (χ0) is 21.5. The Bertz CT molecular complexity index is 681. The van der Waals surface area contributed by atoms with Crippen molar-refractivity contribution in [3.63, 3.8) is 0 Å². The third-order valence-electron chi connectivity index (χ3n) is 3.98. The van der Waals surface area contributed by atoms with Crippen molar-refractivity contribution >= 4 is 18.0 Å². The van der Waals surface area contributed by atoms with Gasteiger partial charge in [0, 0.05) is 13.5 Å². The molecule has 0 fully saturated rings. The van der Waals surface area contributed by atoms with E-state index >= 15 is 0 Å². The Morgan fingerprint density at radius 1 is 1.11 bits per heavy atom. The van der Waals surface area contributed by atoms with Crippen LogP contribution in [0.3, 0.4) is 0 Å². The molecule has 28 heavy (non-hydrogen) atoms. The number of ether oxygens (including phenoxy) is 3. The molecule has 0 saturated carbocycles. The molecule has 0 bridgehead atoms. The second-order valence-corrected chi connectivity index (χ2v) is 7.41. The predicted octanol–water partition coefficient (Wildman–Crippen LogP) is 2.15. The van der Waals surface area contributed by atoms with E-state index in [1.54, 1.807) is 40.0 Å². The monoisotopic (exact) mass is 394 g/mol. The number of alkyl carbamates (subject to hydrolysis) is 1. The zero-order valence-electron chi connectivity index (χ0n) is 17.6. The zero-order valence-corrected chi connectivity index (χ0v) is 17.6. The molecular formula is C20H30N2O6. The molecule has 1 aromatic rings. The fourth-order valence-electron chi connectivity index (χ4n) is 2.50. The van der Waals surface area contributed by atoms with Crippen LogP contribution in [0, 0.1) is 0 Å². The van der Waals surface area contributed by atoms with Gasteiger partial charge in [-0.25, -0.2) is 9.59 Å². The smallest absolute Gasteiger partial charge is 0.408 e. The summed E-state index contributed by atoms with van der Waals surface area (Å²) in [6.45, 7) is 6.72. The largest absolute Gasteiger partial charge is 0.497 e. The molecule has 0 saturated heterocycles. The summed E-state index contributed by atoms with van der Waals surface area (Å²) in [5, 5.41) is 2.49. The fourth-order valence-corrected chi connectivity index (χ4v) is 2.50. The number of carbonyl (C=O) groups excluding carboxylic acids is 3. The van der Waals surface area contributed by atoms with Crippen molar-refractivity contribution in [1.82, 2.24) is 10.2 Å². The molecule has 0 heterocycles. The van der Waals surface area contributed by atoms with Gasteiger partial charge in [0.1, 0.15) is 23.4 Å². The van der Waals surface area contributed by atoms with Crippen LogP contribution >= 0.6 is 0 Å². The first kappa shape index (κ1) is 23.3. The maximum atomic E-state index is 12.7. The number of nitrogens with one attached hydrogen (secondary N) is 1. The summed E-state index contributed by atoms with van der Waals surface area (Å²) >= 11 is 0. The van der Waals surface area contributed by atoms with Crippen LogP contribution in [-0.4, -0.2) is 61.8 Å². The third kappa shape index (κ3) is 7.09. The van der Waals surface area contributed by atoms with E-state index < -0.39 is 35.7 Å². The predicted molar refractivity (Wildman–Crippen MR) is 104 cm³/mol. The van der Waals surface area contributed by atoms with Crippen LogP contribution in [0.2, 0.25) is 0 Å². The molecule has 2 amide bonds. The number of amides is 2. The normalized spacial score (nSPS) is 13.1. The van der Waals surface area contributed by atoms with E-state index in [4.69, 9.17) is 14.2 Å². The van der Waals surface area contributed by atoms with Crippen molar-refractivity contribution < 1.29 is 28.6 Å². The Hall–Kier alpha value is -2.77. The number of esters is 1. The molecule has 8 nitrogen and oxygen atoms in total. The number of carbonyl (C=O) groups is 3. The summed E-state index contributed by atoms with van der Waals surface area (Å²) in [4.78, 5) is 38.2. The van der Waals surface area contributed by atoms with Crippen molar-refractivity contribution in [2.24, 2.45) is 0 Å². The Morgan fingerprint density at radius 2 is 1.68 bits per heavy atom. The average Bonchev–Trinajstić information content (AvgIpc) is 2.63. The number of nitrogens with zero attached hydrogens (tertiary/aromatic N) is 1. The van der Waals surface area contributed by atoms with E-state index in [2.05, 4.69) is 5.32 Å². The van der Waals surface area contributed by atoms with Crippen molar-refractivity contribution in [3.8, 4) is 5.75 Å². The van der Waals surface area contributed by atoms with Gasteiger partial charge in [0.05, 0.1) is 14.2 Å². The lowest BCUT2D eigenvalue weighted by atomic mass is 10.0. The van der Waals surface area contributed by atoms with E-state index in [1.807, 2.05) is 12.1 Å². The SMILES string of the molecule is COC(=O)[C@@H](Cc1ccc(OC)cc1)N(C)C(=O)[C@H](C)NC(=O)OC(C)(C)C. The highest BCUT2D eigenvalue weighted by molar-refractivity contribution is 5.89. The summed E-state index contributed by atoms with van der Waals surface area (Å²) in [6, 6.07) is 5.47. The molecule has 0 aliphatic carbocycles. The quantitative estimate of drug-likeness (QED) is 0.712. The van der Waals surface area contributed by atoms with Crippen molar-refractivity contribution in [2.75, 3.05) is 21.3 Å². The minimum absolute atomic E-state index is 0.262. The number of methoxy groups -OCH3 is 2. The molecule has 156 valence electrons. The molecule has 0 aromatic heterocycles. The van der Waals surface area contributed by atoms with Gasteiger partial charge in [-0.15, -0.1) is 0 Å². The maximum absolute atomic E-state index is 12.7. The maximum Gasteiger partial charge on any atom is 0.408 e. The minimum Gasteiger partial charge on any atom is -0.497 e.